The third-order valence-electron chi connectivity index (χ3n) is 4.29. The third kappa shape index (κ3) is 3.05. The number of fused-ring (bicyclic) bond motifs is 2. The summed E-state index contributed by atoms with van der Waals surface area (Å²) in [6, 6.07) is 15.3. The van der Waals surface area contributed by atoms with Crippen molar-refractivity contribution in [1.29, 1.82) is 0 Å². The van der Waals surface area contributed by atoms with Crippen molar-refractivity contribution < 1.29 is 4.79 Å². The van der Waals surface area contributed by atoms with Crippen molar-refractivity contribution in [3.63, 3.8) is 0 Å². The average molecular weight is 351 g/mol. The lowest BCUT2D eigenvalue weighted by atomic mass is 10.2. The summed E-state index contributed by atoms with van der Waals surface area (Å²) in [5.41, 5.74) is 2.06. The van der Waals surface area contributed by atoms with Gasteiger partial charge in [-0.15, -0.1) is 11.8 Å². The number of anilines is 1. The largest absolute Gasteiger partial charge is 0.310 e. The molecule has 3 aromatic rings. The third-order valence-corrected chi connectivity index (χ3v) is 5.44. The normalized spacial score (nSPS) is 14.2. The van der Waals surface area contributed by atoms with E-state index in [1.807, 2.05) is 48.5 Å². The highest BCUT2D eigenvalue weighted by atomic mass is 32.2. The Labute approximate surface area is 149 Å². The van der Waals surface area contributed by atoms with E-state index in [0.29, 0.717) is 17.6 Å². The predicted molar refractivity (Wildman–Crippen MR) is 100 cm³/mol. The molecule has 1 amide bonds. The first-order valence-corrected chi connectivity index (χ1v) is 9.19. The van der Waals surface area contributed by atoms with E-state index < -0.39 is 0 Å². The van der Waals surface area contributed by atoms with Gasteiger partial charge in [-0.3, -0.25) is 14.2 Å². The van der Waals surface area contributed by atoms with Gasteiger partial charge in [0.05, 0.1) is 22.9 Å². The number of carbonyl (C=O) groups is 1. The summed E-state index contributed by atoms with van der Waals surface area (Å²) in [7, 11) is 0. The van der Waals surface area contributed by atoms with Gasteiger partial charge in [0.25, 0.3) is 5.56 Å². The van der Waals surface area contributed by atoms with E-state index in [1.54, 1.807) is 16.7 Å². The van der Waals surface area contributed by atoms with Gasteiger partial charge in [-0.05, 0) is 36.4 Å². The zero-order valence-electron chi connectivity index (χ0n) is 13.6. The van der Waals surface area contributed by atoms with E-state index in [0.717, 1.165) is 22.8 Å². The van der Waals surface area contributed by atoms with Gasteiger partial charge in [0.1, 0.15) is 6.54 Å². The van der Waals surface area contributed by atoms with Crippen LogP contribution in [-0.2, 0) is 11.3 Å². The fourth-order valence-corrected chi connectivity index (χ4v) is 4.08. The molecule has 1 aliphatic heterocycles. The fraction of sp³-hybridized carbons (Fsp3) is 0.211. The number of para-hydroxylation sites is 3. The van der Waals surface area contributed by atoms with Gasteiger partial charge in [-0.25, -0.2) is 4.98 Å². The summed E-state index contributed by atoms with van der Waals surface area (Å²) in [5, 5.41) is 0. The zero-order valence-corrected chi connectivity index (χ0v) is 14.4. The topological polar surface area (TPSA) is 55.2 Å². The van der Waals surface area contributed by atoms with Crippen LogP contribution in [0.25, 0.3) is 11.0 Å². The molecule has 0 aliphatic carbocycles. The maximum Gasteiger partial charge on any atom is 0.269 e. The van der Waals surface area contributed by atoms with Crippen molar-refractivity contribution in [2.75, 3.05) is 17.2 Å². The molecule has 0 spiro atoms. The Kier molecular flexibility index (Phi) is 4.28. The van der Waals surface area contributed by atoms with E-state index in [2.05, 4.69) is 4.98 Å². The summed E-state index contributed by atoms with van der Waals surface area (Å²) in [6.07, 6.45) is 2.21. The Morgan fingerprint density at radius 2 is 1.92 bits per heavy atom. The van der Waals surface area contributed by atoms with Crippen LogP contribution in [-0.4, -0.2) is 27.8 Å². The molecule has 0 radical (unpaired) electrons. The zero-order chi connectivity index (χ0) is 17.2. The van der Waals surface area contributed by atoms with Gasteiger partial charge >= 0.3 is 0 Å². The SMILES string of the molecule is O=C(Cn1c(=O)cnc2ccccc21)N1CCCSc2ccccc21. The number of thioether (sulfide) groups is 1. The minimum absolute atomic E-state index is 0.0147. The van der Waals surface area contributed by atoms with Crippen LogP contribution in [0.1, 0.15) is 6.42 Å². The molecule has 0 N–H and O–H groups in total. The van der Waals surface area contributed by atoms with Gasteiger partial charge in [0.15, 0.2) is 0 Å². The van der Waals surface area contributed by atoms with Crippen molar-refractivity contribution in [2.45, 2.75) is 17.9 Å². The monoisotopic (exact) mass is 351 g/mol. The second-order valence-corrected chi connectivity index (χ2v) is 7.02. The van der Waals surface area contributed by atoms with Crippen LogP contribution in [0.15, 0.2) is 64.4 Å². The number of hydrogen-bond donors (Lipinski definition) is 0. The Bertz CT molecular complexity index is 999. The Balaban J connectivity index is 1.72. The summed E-state index contributed by atoms with van der Waals surface area (Å²) >= 11 is 1.77. The standard InChI is InChI=1S/C19H17N3O2S/c23-18-12-20-14-6-1-2-7-15(14)22(18)13-19(24)21-10-5-11-25-17-9-4-3-8-16(17)21/h1-4,6-9,12H,5,10-11,13H2. The first-order chi connectivity index (χ1) is 12.2. The molecule has 2 aromatic carbocycles. The van der Waals surface area contributed by atoms with Crippen LogP contribution in [0.4, 0.5) is 5.69 Å². The van der Waals surface area contributed by atoms with Gasteiger partial charge in [-0.2, -0.15) is 0 Å². The van der Waals surface area contributed by atoms with Crippen LogP contribution in [0, 0.1) is 0 Å². The van der Waals surface area contributed by atoms with Crippen LogP contribution < -0.4 is 10.5 Å². The molecule has 6 heteroatoms. The minimum atomic E-state index is -0.260. The molecule has 0 saturated heterocycles. The van der Waals surface area contributed by atoms with E-state index in [1.165, 1.54) is 10.8 Å². The lowest BCUT2D eigenvalue weighted by Crippen LogP contribution is -2.37. The number of rotatable bonds is 2. The first kappa shape index (κ1) is 15.9. The first-order valence-electron chi connectivity index (χ1n) is 8.21. The van der Waals surface area contributed by atoms with Gasteiger partial charge in [0.2, 0.25) is 5.91 Å². The molecule has 126 valence electrons. The van der Waals surface area contributed by atoms with Gasteiger partial charge in [-0.1, -0.05) is 24.3 Å². The second-order valence-electron chi connectivity index (χ2n) is 5.89. The highest BCUT2D eigenvalue weighted by molar-refractivity contribution is 7.99. The number of benzene rings is 2. The lowest BCUT2D eigenvalue weighted by molar-refractivity contribution is -0.119. The molecule has 0 bridgehead atoms. The Hall–Kier alpha value is -2.60. The fourth-order valence-electron chi connectivity index (χ4n) is 3.08. The Morgan fingerprint density at radius 3 is 2.84 bits per heavy atom. The van der Waals surface area contributed by atoms with Crippen molar-refractivity contribution in [3.8, 4) is 0 Å². The number of nitrogens with zero attached hydrogens (tertiary/aromatic N) is 3. The van der Waals surface area contributed by atoms with Crippen molar-refractivity contribution in [1.82, 2.24) is 9.55 Å². The molecule has 2 heterocycles. The minimum Gasteiger partial charge on any atom is -0.310 e. The number of carbonyl (C=O) groups excluding carboxylic acids is 1. The van der Waals surface area contributed by atoms with E-state index in [4.69, 9.17) is 0 Å². The average Bonchev–Trinajstić information content (AvgIpc) is 2.86. The molecular formula is C19H17N3O2S. The highest BCUT2D eigenvalue weighted by Gasteiger charge is 2.22. The van der Waals surface area contributed by atoms with Crippen molar-refractivity contribution in [2.24, 2.45) is 0 Å². The molecule has 5 nitrogen and oxygen atoms in total. The summed E-state index contributed by atoms with van der Waals surface area (Å²) in [4.78, 5) is 32.4. The maximum absolute atomic E-state index is 13.0. The quantitative estimate of drug-likeness (QED) is 0.712. The van der Waals surface area contributed by atoms with E-state index in [-0.39, 0.29) is 18.0 Å². The maximum atomic E-state index is 13.0. The summed E-state index contributed by atoms with van der Waals surface area (Å²) in [6.45, 7) is 0.682. The molecule has 0 fully saturated rings. The molecule has 25 heavy (non-hydrogen) atoms. The van der Waals surface area contributed by atoms with E-state index in [9.17, 15) is 9.59 Å². The number of aromatic nitrogens is 2. The molecule has 0 saturated carbocycles. The molecule has 0 atom stereocenters. The second kappa shape index (κ2) is 6.72. The van der Waals surface area contributed by atoms with Crippen LogP contribution in [0.5, 0.6) is 0 Å². The Morgan fingerprint density at radius 1 is 1.12 bits per heavy atom. The predicted octanol–water partition coefficient (Wildman–Crippen LogP) is 2.93. The molecule has 4 rings (SSSR count). The van der Waals surface area contributed by atoms with E-state index >= 15 is 0 Å². The van der Waals surface area contributed by atoms with Gasteiger partial charge < -0.3 is 4.90 Å². The van der Waals surface area contributed by atoms with Gasteiger partial charge in [0, 0.05) is 11.4 Å². The van der Waals surface area contributed by atoms with Crippen LogP contribution in [0.3, 0.4) is 0 Å². The highest BCUT2D eigenvalue weighted by Crippen LogP contribution is 2.33. The molecule has 1 aliphatic rings. The number of amides is 1. The van der Waals surface area contributed by atoms with Crippen molar-refractivity contribution in [3.05, 3.63) is 65.1 Å². The molecular weight excluding hydrogens is 334 g/mol. The van der Waals surface area contributed by atoms with Crippen LogP contribution >= 0.6 is 11.8 Å². The molecule has 1 aromatic heterocycles. The smallest absolute Gasteiger partial charge is 0.269 e. The summed E-state index contributed by atoms with van der Waals surface area (Å²) in [5.74, 6) is 0.909. The van der Waals surface area contributed by atoms with Crippen molar-refractivity contribution >= 4 is 34.4 Å². The lowest BCUT2D eigenvalue weighted by Gasteiger charge is -2.23. The summed E-state index contributed by atoms with van der Waals surface area (Å²) < 4.78 is 1.51. The van der Waals surface area contributed by atoms with Crippen LogP contribution in [0.2, 0.25) is 0 Å². The number of hydrogen-bond acceptors (Lipinski definition) is 4. The molecule has 0 unspecified atom stereocenters.